The molecule has 0 aliphatic heterocycles. The summed E-state index contributed by atoms with van der Waals surface area (Å²) in [5.74, 6) is 2.05. The lowest BCUT2D eigenvalue weighted by molar-refractivity contribution is 0.646. The van der Waals surface area contributed by atoms with Gasteiger partial charge in [-0.2, -0.15) is 0 Å². The molecule has 0 radical (unpaired) electrons. The molecule has 0 saturated heterocycles. The Labute approximate surface area is 84.9 Å². The molecule has 0 saturated carbocycles. The van der Waals surface area contributed by atoms with Crippen molar-refractivity contribution in [3.8, 4) is 0 Å². The second-order valence-corrected chi connectivity index (χ2v) is 7.10. The average molecular weight is 207 g/mol. The van der Waals surface area contributed by atoms with Gasteiger partial charge in [-0.25, -0.2) is 0 Å². The minimum atomic E-state index is 0.355. The first-order valence-corrected chi connectivity index (χ1v) is 6.75. The summed E-state index contributed by atoms with van der Waals surface area (Å²) >= 11 is 0. The summed E-state index contributed by atoms with van der Waals surface area (Å²) in [7, 11) is 5.98. The zero-order chi connectivity index (χ0) is 9.61. The molecule has 0 spiro atoms. The van der Waals surface area contributed by atoms with Crippen LogP contribution in [0.1, 0.15) is 27.7 Å². The van der Waals surface area contributed by atoms with E-state index in [-0.39, 0.29) is 0 Å². The van der Waals surface area contributed by atoms with Crippen molar-refractivity contribution in [1.29, 1.82) is 0 Å². The van der Waals surface area contributed by atoms with Gasteiger partial charge in [0, 0.05) is 17.0 Å². The van der Waals surface area contributed by atoms with Gasteiger partial charge in [0.15, 0.2) is 0 Å². The first-order valence-electron chi connectivity index (χ1n) is 4.43. The van der Waals surface area contributed by atoms with Gasteiger partial charge in [-0.1, -0.05) is 35.4 Å². The molecule has 0 aliphatic rings. The Morgan fingerprint density at radius 3 is 2.33 bits per heavy atom. The van der Waals surface area contributed by atoms with Gasteiger partial charge in [0.25, 0.3) is 0 Å². The van der Waals surface area contributed by atoms with E-state index in [0.717, 1.165) is 12.5 Å². The van der Waals surface area contributed by atoms with Crippen LogP contribution in [0.2, 0.25) is 0 Å². The molecule has 0 aromatic carbocycles. The summed E-state index contributed by atoms with van der Waals surface area (Å²) < 4.78 is 0.355. The van der Waals surface area contributed by atoms with Crippen LogP contribution in [0.5, 0.6) is 0 Å². The van der Waals surface area contributed by atoms with Crippen molar-refractivity contribution in [2.75, 3.05) is 19.3 Å². The van der Waals surface area contributed by atoms with Crippen LogP contribution in [0.3, 0.4) is 0 Å². The van der Waals surface area contributed by atoms with Crippen molar-refractivity contribution < 1.29 is 0 Å². The minimum Gasteiger partial charge on any atom is -0.318 e. The Kier molecular flexibility index (Phi) is 6.50. The molecule has 0 unspecified atom stereocenters. The van der Waals surface area contributed by atoms with Gasteiger partial charge in [0.1, 0.15) is 0 Å². The molecule has 0 heterocycles. The molecule has 0 aromatic rings. The Morgan fingerprint density at radius 1 is 1.33 bits per heavy atom. The molecular formula is C9H21NS2. The van der Waals surface area contributed by atoms with Crippen molar-refractivity contribution >= 4 is 21.6 Å². The van der Waals surface area contributed by atoms with Gasteiger partial charge in [0.05, 0.1) is 0 Å². The summed E-state index contributed by atoms with van der Waals surface area (Å²) in [6, 6.07) is 0. The summed E-state index contributed by atoms with van der Waals surface area (Å²) in [5, 5.41) is 3.21. The van der Waals surface area contributed by atoms with E-state index in [2.05, 4.69) is 33.0 Å². The third-order valence-electron chi connectivity index (χ3n) is 1.29. The lowest BCUT2D eigenvalue weighted by Gasteiger charge is -2.22. The smallest absolute Gasteiger partial charge is 0.0331 e. The lowest BCUT2D eigenvalue weighted by Crippen LogP contribution is -2.28. The molecule has 0 bridgehead atoms. The molecule has 0 atom stereocenters. The van der Waals surface area contributed by atoms with Crippen LogP contribution in [0, 0.1) is 5.92 Å². The standard InChI is InChI=1S/C9H21NS2/c1-8(2)6-11-12-9(3,4)7-10-5/h8,10H,6-7H2,1-5H3. The van der Waals surface area contributed by atoms with Gasteiger partial charge in [-0.05, 0) is 26.8 Å². The molecule has 1 N–H and O–H groups in total. The molecule has 0 fully saturated rings. The van der Waals surface area contributed by atoms with E-state index in [1.54, 1.807) is 0 Å². The van der Waals surface area contributed by atoms with E-state index in [9.17, 15) is 0 Å². The normalized spacial score (nSPS) is 12.5. The van der Waals surface area contributed by atoms with Crippen LogP contribution in [-0.2, 0) is 0 Å². The maximum atomic E-state index is 3.21. The lowest BCUT2D eigenvalue weighted by atomic mass is 10.2. The maximum absolute atomic E-state index is 3.21. The summed E-state index contributed by atoms with van der Waals surface area (Å²) in [6.45, 7) is 10.2. The van der Waals surface area contributed by atoms with E-state index in [1.807, 2.05) is 28.6 Å². The topological polar surface area (TPSA) is 12.0 Å². The van der Waals surface area contributed by atoms with Crippen molar-refractivity contribution in [3.63, 3.8) is 0 Å². The van der Waals surface area contributed by atoms with Gasteiger partial charge >= 0.3 is 0 Å². The molecule has 0 amide bonds. The third-order valence-corrected chi connectivity index (χ3v) is 4.92. The van der Waals surface area contributed by atoms with E-state index in [4.69, 9.17) is 0 Å². The fourth-order valence-electron chi connectivity index (χ4n) is 0.785. The molecule has 0 rings (SSSR count). The molecule has 74 valence electrons. The quantitative estimate of drug-likeness (QED) is 0.672. The van der Waals surface area contributed by atoms with Gasteiger partial charge in [0.2, 0.25) is 0 Å². The highest BCUT2D eigenvalue weighted by Gasteiger charge is 2.17. The third kappa shape index (κ3) is 7.32. The largest absolute Gasteiger partial charge is 0.318 e. The summed E-state index contributed by atoms with van der Waals surface area (Å²) in [6.07, 6.45) is 0. The number of hydrogen-bond donors (Lipinski definition) is 1. The predicted molar refractivity (Wildman–Crippen MR) is 62.9 cm³/mol. The zero-order valence-electron chi connectivity index (χ0n) is 8.81. The van der Waals surface area contributed by atoms with Crippen LogP contribution in [-0.4, -0.2) is 24.1 Å². The van der Waals surface area contributed by atoms with Crippen LogP contribution < -0.4 is 5.32 Å². The van der Waals surface area contributed by atoms with E-state index >= 15 is 0 Å². The maximum Gasteiger partial charge on any atom is 0.0331 e. The van der Waals surface area contributed by atoms with E-state index < -0.39 is 0 Å². The van der Waals surface area contributed by atoms with Gasteiger partial charge in [-0.3, -0.25) is 0 Å². The fraction of sp³-hybridized carbons (Fsp3) is 1.00. The van der Waals surface area contributed by atoms with Crippen LogP contribution in [0.4, 0.5) is 0 Å². The molecule has 3 heteroatoms. The van der Waals surface area contributed by atoms with Crippen molar-refractivity contribution in [2.45, 2.75) is 32.4 Å². The van der Waals surface area contributed by atoms with Gasteiger partial charge in [-0.15, -0.1) is 0 Å². The summed E-state index contributed by atoms with van der Waals surface area (Å²) in [4.78, 5) is 0. The van der Waals surface area contributed by atoms with Crippen molar-refractivity contribution in [3.05, 3.63) is 0 Å². The zero-order valence-corrected chi connectivity index (χ0v) is 10.4. The Hall–Kier alpha value is 0.660. The monoisotopic (exact) mass is 207 g/mol. The Balaban J connectivity index is 3.46. The second kappa shape index (κ2) is 6.17. The minimum absolute atomic E-state index is 0.355. The second-order valence-electron chi connectivity index (χ2n) is 4.05. The molecule has 0 aromatic heterocycles. The molecule has 12 heavy (non-hydrogen) atoms. The first kappa shape index (κ1) is 12.7. The highest BCUT2D eigenvalue weighted by Crippen LogP contribution is 2.35. The number of nitrogens with one attached hydrogen (secondary N) is 1. The SMILES string of the molecule is CNCC(C)(C)SSCC(C)C. The van der Waals surface area contributed by atoms with E-state index in [0.29, 0.717) is 4.75 Å². The molecule has 1 nitrogen and oxygen atoms in total. The fourth-order valence-corrected chi connectivity index (χ4v) is 3.80. The van der Waals surface area contributed by atoms with E-state index in [1.165, 1.54) is 5.75 Å². The number of rotatable bonds is 6. The highest BCUT2D eigenvalue weighted by molar-refractivity contribution is 8.77. The highest BCUT2D eigenvalue weighted by atomic mass is 33.1. The predicted octanol–water partition coefficient (Wildman–Crippen LogP) is 3.02. The number of hydrogen-bond acceptors (Lipinski definition) is 3. The van der Waals surface area contributed by atoms with Crippen LogP contribution in [0.15, 0.2) is 0 Å². The van der Waals surface area contributed by atoms with Crippen LogP contribution in [0.25, 0.3) is 0 Å². The van der Waals surface area contributed by atoms with Crippen molar-refractivity contribution in [1.82, 2.24) is 5.32 Å². The van der Waals surface area contributed by atoms with Gasteiger partial charge < -0.3 is 5.32 Å². The van der Waals surface area contributed by atoms with Crippen LogP contribution >= 0.6 is 21.6 Å². The molecular weight excluding hydrogens is 186 g/mol. The first-order chi connectivity index (χ1) is 5.48. The summed E-state index contributed by atoms with van der Waals surface area (Å²) in [5.41, 5.74) is 0. The van der Waals surface area contributed by atoms with Crippen molar-refractivity contribution in [2.24, 2.45) is 5.92 Å². The Morgan fingerprint density at radius 2 is 1.92 bits per heavy atom. The molecule has 0 aliphatic carbocycles. The average Bonchev–Trinajstić information content (AvgIpc) is 1.85. The Bertz CT molecular complexity index is 113.